The lowest BCUT2D eigenvalue weighted by Gasteiger charge is -2.27. The minimum absolute atomic E-state index is 0.413. The largest absolute Gasteiger partial charge is 0.316 e. The van der Waals surface area contributed by atoms with Crippen molar-refractivity contribution in [2.45, 2.75) is 39.2 Å². The van der Waals surface area contributed by atoms with Gasteiger partial charge in [-0.25, -0.2) is 9.97 Å². The third kappa shape index (κ3) is 3.62. The van der Waals surface area contributed by atoms with Crippen molar-refractivity contribution in [2.75, 3.05) is 0 Å². The minimum Gasteiger partial charge on any atom is -0.316 e. The van der Waals surface area contributed by atoms with Crippen LogP contribution in [-0.4, -0.2) is 19.5 Å². The molecule has 4 nitrogen and oxygen atoms in total. The lowest BCUT2D eigenvalue weighted by Crippen LogP contribution is -2.18. The number of halogens is 3. The van der Waals surface area contributed by atoms with Crippen molar-refractivity contribution in [1.29, 1.82) is 0 Å². The normalized spacial score (nSPS) is 20.6. The zero-order valence-electron chi connectivity index (χ0n) is 14.4. The van der Waals surface area contributed by atoms with Gasteiger partial charge in [-0.2, -0.15) is 0 Å². The molecule has 1 aliphatic rings. The summed E-state index contributed by atoms with van der Waals surface area (Å²) in [6, 6.07) is 3.67. The van der Waals surface area contributed by atoms with E-state index >= 15 is 0 Å². The van der Waals surface area contributed by atoms with Crippen molar-refractivity contribution < 1.29 is 0 Å². The SMILES string of the molecule is C[C@H]1CC[C@H](Cn2c(Br)nc3cc(Cl)nc(-c4cncc(Cl)c4)c32)CC1. The Balaban J connectivity index is 1.81. The fourth-order valence-electron chi connectivity index (χ4n) is 3.78. The van der Waals surface area contributed by atoms with Crippen LogP contribution in [0.1, 0.15) is 32.6 Å². The third-order valence-electron chi connectivity index (χ3n) is 5.20. The molecule has 1 aliphatic carbocycles. The summed E-state index contributed by atoms with van der Waals surface area (Å²) in [6.45, 7) is 3.27. The molecule has 0 N–H and O–H groups in total. The van der Waals surface area contributed by atoms with E-state index in [9.17, 15) is 0 Å². The van der Waals surface area contributed by atoms with E-state index in [-0.39, 0.29) is 0 Å². The molecule has 0 aromatic carbocycles. The number of hydrogen-bond acceptors (Lipinski definition) is 3. The Labute approximate surface area is 171 Å². The van der Waals surface area contributed by atoms with Crippen molar-refractivity contribution >= 4 is 50.2 Å². The second-order valence-electron chi connectivity index (χ2n) is 7.17. The zero-order chi connectivity index (χ0) is 18.3. The van der Waals surface area contributed by atoms with Gasteiger partial charge in [-0.15, -0.1) is 0 Å². The predicted molar refractivity (Wildman–Crippen MR) is 110 cm³/mol. The fraction of sp³-hybridized carbons (Fsp3) is 0.421. The molecule has 0 spiro atoms. The number of rotatable bonds is 3. The molecular formula is C19H19BrCl2N4. The average molecular weight is 454 g/mol. The lowest BCUT2D eigenvalue weighted by molar-refractivity contribution is 0.265. The van der Waals surface area contributed by atoms with Gasteiger partial charge in [-0.05, 0) is 46.7 Å². The summed E-state index contributed by atoms with van der Waals surface area (Å²) < 4.78 is 3.03. The van der Waals surface area contributed by atoms with E-state index in [2.05, 4.69) is 42.4 Å². The lowest BCUT2D eigenvalue weighted by atomic mass is 9.83. The van der Waals surface area contributed by atoms with Gasteiger partial charge in [0.25, 0.3) is 0 Å². The number of fused-ring (bicyclic) bond motifs is 1. The number of pyridine rings is 2. The Morgan fingerprint density at radius 3 is 2.62 bits per heavy atom. The van der Waals surface area contributed by atoms with Gasteiger partial charge in [0.05, 0.1) is 21.7 Å². The highest BCUT2D eigenvalue weighted by atomic mass is 79.9. The Morgan fingerprint density at radius 2 is 1.88 bits per heavy atom. The highest BCUT2D eigenvalue weighted by Crippen LogP contribution is 2.35. The Bertz CT molecular complexity index is 948. The molecule has 1 saturated carbocycles. The molecule has 0 radical (unpaired) electrons. The van der Waals surface area contributed by atoms with Crippen molar-refractivity contribution in [3.05, 3.63) is 39.4 Å². The van der Waals surface area contributed by atoms with Gasteiger partial charge in [-0.1, -0.05) is 43.0 Å². The first kappa shape index (κ1) is 18.2. The molecule has 7 heteroatoms. The second-order valence-corrected chi connectivity index (χ2v) is 8.70. The molecule has 0 unspecified atom stereocenters. The Hall–Kier alpha value is -1.17. The van der Waals surface area contributed by atoms with Gasteiger partial charge in [-0.3, -0.25) is 4.98 Å². The van der Waals surface area contributed by atoms with E-state index in [4.69, 9.17) is 23.2 Å². The van der Waals surface area contributed by atoms with E-state index in [1.54, 1.807) is 12.4 Å². The summed E-state index contributed by atoms with van der Waals surface area (Å²) in [5.41, 5.74) is 3.42. The van der Waals surface area contributed by atoms with Crippen LogP contribution in [0.15, 0.2) is 29.3 Å². The van der Waals surface area contributed by atoms with Crippen molar-refractivity contribution in [3.8, 4) is 11.3 Å². The minimum atomic E-state index is 0.413. The van der Waals surface area contributed by atoms with E-state index < -0.39 is 0 Å². The molecule has 0 amide bonds. The molecule has 0 atom stereocenters. The standard InChI is InChI=1S/C19H19BrCl2N4/c1-11-2-4-12(5-3-11)10-26-18-15(24-19(26)20)7-16(22)25-17(18)13-6-14(21)9-23-8-13/h6-9,11-12H,2-5,10H2,1H3/t11-,12-. The molecule has 0 bridgehead atoms. The topological polar surface area (TPSA) is 43.6 Å². The van der Waals surface area contributed by atoms with Gasteiger partial charge >= 0.3 is 0 Å². The molecule has 3 aromatic rings. The van der Waals surface area contributed by atoms with E-state index in [0.29, 0.717) is 16.1 Å². The molecule has 1 fully saturated rings. The Morgan fingerprint density at radius 1 is 1.12 bits per heavy atom. The van der Waals surface area contributed by atoms with Gasteiger partial charge in [0, 0.05) is 30.6 Å². The quantitative estimate of drug-likeness (QED) is 0.431. The highest BCUT2D eigenvalue weighted by molar-refractivity contribution is 9.10. The van der Waals surface area contributed by atoms with Crippen LogP contribution < -0.4 is 0 Å². The van der Waals surface area contributed by atoms with Crippen LogP contribution in [-0.2, 0) is 6.54 Å². The van der Waals surface area contributed by atoms with Crippen LogP contribution in [0.3, 0.4) is 0 Å². The van der Waals surface area contributed by atoms with Crippen LogP contribution in [0.4, 0.5) is 0 Å². The molecule has 0 saturated heterocycles. The van der Waals surface area contributed by atoms with Crippen molar-refractivity contribution in [2.24, 2.45) is 11.8 Å². The average Bonchev–Trinajstić information content (AvgIpc) is 2.91. The number of aromatic nitrogens is 4. The van der Waals surface area contributed by atoms with Crippen molar-refractivity contribution in [3.63, 3.8) is 0 Å². The van der Waals surface area contributed by atoms with Gasteiger partial charge < -0.3 is 4.57 Å². The van der Waals surface area contributed by atoms with Crippen LogP contribution in [0.5, 0.6) is 0 Å². The maximum Gasteiger partial charge on any atom is 0.178 e. The highest BCUT2D eigenvalue weighted by Gasteiger charge is 2.23. The number of hydrogen-bond donors (Lipinski definition) is 0. The summed E-state index contributed by atoms with van der Waals surface area (Å²) in [7, 11) is 0. The summed E-state index contributed by atoms with van der Waals surface area (Å²) in [6.07, 6.45) is 8.47. The smallest absolute Gasteiger partial charge is 0.178 e. The third-order valence-corrected chi connectivity index (χ3v) is 6.21. The van der Waals surface area contributed by atoms with Crippen LogP contribution in [0, 0.1) is 11.8 Å². The first-order chi connectivity index (χ1) is 12.5. The van der Waals surface area contributed by atoms with E-state index in [0.717, 1.165) is 39.5 Å². The molecule has 0 aliphatic heterocycles. The zero-order valence-corrected chi connectivity index (χ0v) is 17.5. The first-order valence-electron chi connectivity index (χ1n) is 8.84. The van der Waals surface area contributed by atoms with E-state index in [1.807, 2.05) is 12.1 Å². The molecular weight excluding hydrogens is 435 g/mol. The molecule has 3 aromatic heterocycles. The Kier molecular flexibility index (Phi) is 5.22. The van der Waals surface area contributed by atoms with E-state index in [1.165, 1.54) is 25.7 Å². The summed E-state index contributed by atoms with van der Waals surface area (Å²) in [4.78, 5) is 13.4. The fourth-order valence-corrected chi connectivity index (χ4v) is 4.65. The molecule has 136 valence electrons. The van der Waals surface area contributed by atoms with Crippen LogP contribution in [0.25, 0.3) is 22.3 Å². The number of nitrogens with zero attached hydrogens (tertiary/aromatic N) is 4. The summed E-state index contributed by atoms with van der Waals surface area (Å²) in [5.74, 6) is 1.49. The van der Waals surface area contributed by atoms with Crippen LogP contribution >= 0.6 is 39.1 Å². The summed E-state index contributed by atoms with van der Waals surface area (Å²) in [5, 5.41) is 0.986. The number of imidazole rings is 1. The molecule has 3 heterocycles. The first-order valence-corrected chi connectivity index (χ1v) is 10.4. The van der Waals surface area contributed by atoms with Gasteiger partial charge in [0.2, 0.25) is 0 Å². The summed E-state index contributed by atoms with van der Waals surface area (Å²) >= 11 is 16.0. The van der Waals surface area contributed by atoms with Crippen molar-refractivity contribution in [1.82, 2.24) is 19.5 Å². The van der Waals surface area contributed by atoms with Gasteiger partial charge in [0.1, 0.15) is 5.15 Å². The van der Waals surface area contributed by atoms with Gasteiger partial charge in [0.15, 0.2) is 4.73 Å². The maximum absolute atomic E-state index is 6.25. The maximum atomic E-state index is 6.25. The molecule has 26 heavy (non-hydrogen) atoms. The predicted octanol–water partition coefficient (Wildman–Crippen LogP) is 6.39. The second kappa shape index (κ2) is 7.45. The van der Waals surface area contributed by atoms with Crippen LogP contribution in [0.2, 0.25) is 10.2 Å². The monoisotopic (exact) mass is 452 g/mol. The molecule has 4 rings (SSSR count).